The van der Waals surface area contributed by atoms with Crippen molar-refractivity contribution in [2.75, 3.05) is 20.2 Å². The fraction of sp³-hybridized carbons (Fsp3) is 0.500. The number of nitrogens with zero attached hydrogens (tertiary/aromatic N) is 3. The maximum absolute atomic E-state index is 13.4. The Morgan fingerprint density at radius 1 is 1.30 bits per heavy atom. The number of nitrogens with one attached hydrogen (secondary N) is 1. The van der Waals surface area contributed by atoms with Crippen molar-refractivity contribution in [1.82, 2.24) is 20.0 Å². The third-order valence-corrected chi connectivity index (χ3v) is 5.47. The van der Waals surface area contributed by atoms with Gasteiger partial charge in [-0.3, -0.25) is 9.48 Å². The first-order valence-electron chi connectivity index (χ1n) is 9.28. The molecule has 1 saturated carbocycles. The molecule has 7 heteroatoms. The van der Waals surface area contributed by atoms with Gasteiger partial charge in [-0.2, -0.15) is 5.10 Å². The van der Waals surface area contributed by atoms with E-state index in [1.807, 2.05) is 48.4 Å². The SMILES string of the molecule is COc1ccc(CN(C(=O)[C@H]2CNC[C@@H]2c2cnn(C)c2)C2CC2)cc1.Cl. The number of halogens is 1. The molecule has 0 spiro atoms. The maximum atomic E-state index is 13.4. The highest BCUT2D eigenvalue weighted by atomic mass is 35.5. The average Bonchev–Trinajstić information content (AvgIpc) is 3.21. The highest BCUT2D eigenvalue weighted by Gasteiger charge is 2.41. The molecule has 1 aromatic heterocycles. The van der Waals surface area contributed by atoms with E-state index in [-0.39, 0.29) is 30.2 Å². The summed E-state index contributed by atoms with van der Waals surface area (Å²) < 4.78 is 7.04. The van der Waals surface area contributed by atoms with Gasteiger partial charge in [-0.25, -0.2) is 0 Å². The smallest absolute Gasteiger partial charge is 0.228 e. The molecule has 0 bridgehead atoms. The van der Waals surface area contributed by atoms with Crippen LogP contribution in [0.25, 0.3) is 0 Å². The Morgan fingerprint density at radius 2 is 2.04 bits per heavy atom. The van der Waals surface area contributed by atoms with Crippen LogP contribution in [0.1, 0.15) is 29.9 Å². The fourth-order valence-electron chi connectivity index (χ4n) is 3.83. The van der Waals surface area contributed by atoms with Crippen molar-refractivity contribution < 1.29 is 9.53 Å². The van der Waals surface area contributed by atoms with Crippen LogP contribution in [0.3, 0.4) is 0 Å². The van der Waals surface area contributed by atoms with E-state index in [1.54, 1.807) is 7.11 Å². The summed E-state index contributed by atoms with van der Waals surface area (Å²) in [6.45, 7) is 2.25. The summed E-state index contributed by atoms with van der Waals surface area (Å²) in [5.41, 5.74) is 2.30. The van der Waals surface area contributed by atoms with Crippen molar-refractivity contribution in [1.29, 1.82) is 0 Å². The molecule has 0 unspecified atom stereocenters. The summed E-state index contributed by atoms with van der Waals surface area (Å²) in [6, 6.07) is 8.40. The second-order valence-corrected chi connectivity index (χ2v) is 7.36. The molecule has 1 N–H and O–H groups in total. The molecule has 1 saturated heterocycles. The predicted molar refractivity (Wildman–Crippen MR) is 106 cm³/mol. The highest BCUT2D eigenvalue weighted by Crippen LogP contribution is 2.35. The molecule has 2 heterocycles. The summed E-state index contributed by atoms with van der Waals surface area (Å²) in [7, 11) is 3.59. The van der Waals surface area contributed by atoms with E-state index in [0.717, 1.165) is 42.8 Å². The average molecular weight is 391 g/mol. The highest BCUT2D eigenvalue weighted by molar-refractivity contribution is 5.85. The molecule has 146 valence electrons. The number of carbonyl (C=O) groups excluding carboxylic acids is 1. The normalized spacial score (nSPS) is 21.6. The quantitative estimate of drug-likeness (QED) is 0.822. The number of hydrogen-bond acceptors (Lipinski definition) is 4. The first-order valence-corrected chi connectivity index (χ1v) is 9.28. The van der Waals surface area contributed by atoms with E-state index in [0.29, 0.717) is 12.6 Å². The Bertz CT molecular complexity index is 773. The zero-order valence-electron chi connectivity index (χ0n) is 15.8. The standard InChI is InChI=1S/C20H26N4O2.ClH/c1-23-13-15(9-22-23)18-10-21-11-19(18)20(25)24(16-5-6-16)12-14-3-7-17(26-2)8-4-14;/h3-4,7-9,13,16,18-19,21H,5-6,10-12H2,1-2H3;1H/t18-,19+;/m1./s1. The first kappa shape index (κ1) is 19.7. The van der Waals surface area contributed by atoms with Gasteiger partial charge in [0.1, 0.15) is 5.75 Å². The van der Waals surface area contributed by atoms with Crippen molar-refractivity contribution in [2.45, 2.75) is 31.3 Å². The zero-order valence-corrected chi connectivity index (χ0v) is 16.6. The molecule has 2 aliphatic rings. The molecule has 6 nitrogen and oxygen atoms in total. The van der Waals surface area contributed by atoms with E-state index in [9.17, 15) is 4.79 Å². The Morgan fingerprint density at radius 3 is 2.63 bits per heavy atom. The Hall–Kier alpha value is -2.05. The number of aromatic nitrogens is 2. The fourth-order valence-corrected chi connectivity index (χ4v) is 3.83. The van der Waals surface area contributed by atoms with Crippen LogP contribution in [-0.4, -0.2) is 46.8 Å². The minimum absolute atomic E-state index is 0. The van der Waals surface area contributed by atoms with Gasteiger partial charge in [0, 0.05) is 44.8 Å². The van der Waals surface area contributed by atoms with Crippen molar-refractivity contribution >= 4 is 18.3 Å². The van der Waals surface area contributed by atoms with Crippen molar-refractivity contribution in [3.63, 3.8) is 0 Å². The van der Waals surface area contributed by atoms with Crippen molar-refractivity contribution in [2.24, 2.45) is 13.0 Å². The molecule has 27 heavy (non-hydrogen) atoms. The molecular formula is C20H27ClN4O2. The number of ether oxygens (including phenoxy) is 1. The van der Waals surface area contributed by atoms with Gasteiger partial charge in [-0.15, -0.1) is 12.4 Å². The Balaban J connectivity index is 0.00000210. The van der Waals surface area contributed by atoms with E-state index in [1.165, 1.54) is 0 Å². The van der Waals surface area contributed by atoms with Crippen LogP contribution in [0.2, 0.25) is 0 Å². The van der Waals surface area contributed by atoms with Gasteiger partial charge >= 0.3 is 0 Å². The van der Waals surface area contributed by atoms with Gasteiger partial charge in [0.2, 0.25) is 5.91 Å². The summed E-state index contributed by atoms with van der Waals surface area (Å²) in [5.74, 6) is 1.29. The molecule has 2 fully saturated rings. The molecule has 4 rings (SSSR count). The predicted octanol–water partition coefficient (Wildman–Crippen LogP) is 2.34. The lowest BCUT2D eigenvalue weighted by Gasteiger charge is -2.28. The van der Waals surface area contributed by atoms with Crippen LogP contribution in [-0.2, 0) is 18.4 Å². The van der Waals surface area contributed by atoms with Gasteiger partial charge in [0.05, 0.1) is 19.2 Å². The molecule has 1 aromatic carbocycles. The van der Waals surface area contributed by atoms with Gasteiger partial charge in [0.15, 0.2) is 0 Å². The van der Waals surface area contributed by atoms with Gasteiger partial charge in [-0.1, -0.05) is 12.1 Å². The summed E-state index contributed by atoms with van der Waals surface area (Å²) in [5, 5.41) is 7.69. The van der Waals surface area contributed by atoms with Gasteiger partial charge in [0.25, 0.3) is 0 Å². The van der Waals surface area contributed by atoms with Crippen LogP contribution in [0, 0.1) is 5.92 Å². The number of amides is 1. The van der Waals surface area contributed by atoms with E-state index in [2.05, 4.69) is 15.3 Å². The van der Waals surface area contributed by atoms with Crippen LogP contribution in [0.15, 0.2) is 36.7 Å². The van der Waals surface area contributed by atoms with Crippen LogP contribution in [0.5, 0.6) is 5.75 Å². The van der Waals surface area contributed by atoms with Crippen LogP contribution >= 0.6 is 12.4 Å². The van der Waals surface area contributed by atoms with Crippen LogP contribution < -0.4 is 10.1 Å². The van der Waals surface area contributed by atoms with Crippen LogP contribution in [0.4, 0.5) is 0 Å². The van der Waals surface area contributed by atoms with E-state index < -0.39 is 0 Å². The minimum Gasteiger partial charge on any atom is -0.497 e. The summed E-state index contributed by atoms with van der Waals surface area (Å²) in [6.07, 6.45) is 6.14. The lowest BCUT2D eigenvalue weighted by atomic mass is 9.89. The number of aryl methyl sites for hydroxylation is 1. The molecule has 2 atom stereocenters. The molecular weight excluding hydrogens is 364 g/mol. The molecule has 0 radical (unpaired) electrons. The van der Waals surface area contributed by atoms with Crippen molar-refractivity contribution in [3.8, 4) is 5.75 Å². The molecule has 2 aromatic rings. The summed E-state index contributed by atoms with van der Waals surface area (Å²) >= 11 is 0. The second kappa shape index (κ2) is 8.31. The minimum atomic E-state index is -0.0157. The number of benzene rings is 1. The van der Waals surface area contributed by atoms with E-state index >= 15 is 0 Å². The number of methoxy groups -OCH3 is 1. The monoisotopic (exact) mass is 390 g/mol. The topological polar surface area (TPSA) is 59.4 Å². The molecule has 1 aliphatic heterocycles. The number of hydrogen-bond donors (Lipinski definition) is 1. The number of carbonyl (C=O) groups is 1. The lowest BCUT2D eigenvalue weighted by molar-refractivity contribution is -0.136. The van der Waals surface area contributed by atoms with E-state index in [4.69, 9.17) is 4.74 Å². The molecule has 1 aliphatic carbocycles. The largest absolute Gasteiger partial charge is 0.497 e. The zero-order chi connectivity index (χ0) is 18.1. The Kier molecular flexibility index (Phi) is 6.07. The number of rotatable bonds is 6. The third kappa shape index (κ3) is 4.28. The van der Waals surface area contributed by atoms with Gasteiger partial charge < -0.3 is 15.0 Å². The second-order valence-electron chi connectivity index (χ2n) is 7.36. The Labute approximate surface area is 166 Å². The molecule has 1 amide bonds. The lowest BCUT2D eigenvalue weighted by Crippen LogP contribution is -2.39. The van der Waals surface area contributed by atoms with Gasteiger partial charge in [-0.05, 0) is 36.1 Å². The maximum Gasteiger partial charge on any atom is 0.228 e. The first-order chi connectivity index (χ1) is 12.7. The summed E-state index contributed by atoms with van der Waals surface area (Å²) in [4.78, 5) is 15.5. The third-order valence-electron chi connectivity index (χ3n) is 5.47. The van der Waals surface area contributed by atoms with Crippen molar-refractivity contribution in [3.05, 3.63) is 47.8 Å².